The van der Waals surface area contributed by atoms with Crippen LogP contribution < -0.4 is 4.72 Å². The second kappa shape index (κ2) is 5.47. The Hall–Kier alpha value is -0.130. The van der Waals surface area contributed by atoms with E-state index in [1.807, 2.05) is 27.7 Å². The van der Waals surface area contributed by atoms with Crippen molar-refractivity contribution in [3.63, 3.8) is 0 Å². The van der Waals surface area contributed by atoms with E-state index in [0.29, 0.717) is 6.42 Å². The molecule has 0 saturated heterocycles. The average molecular weight is 251 g/mol. The fourth-order valence-electron chi connectivity index (χ4n) is 1.51. The summed E-state index contributed by atoms with van der Waals surface area (Å²) in [4.78, 5) is 0. The van der Waals surface area contributed by atoms with Gasteiger partial charge in [-0.05, 0) is 18.8 Å². The van der Waals surface area contributed by atoms with E-state index in [-0.39, 0.29) is 17.7 Å². The first-order valence-corrected chi connectivity index (χ1v) is 7.32. The maximum atomic E-state index is 11.7. The number of hydrogen-bond donors (Lipinski definition) is 2. The summed E-state index contributed by atoms with van der Waals surface area (Å²) in [5.74, 6) is 0.0716. The van der Waals surface area contributed by atoms with Crippen molar-refractivity contribution >= 4 is 10.0 Å². The van der Waals surface area contributed by atoms with Gasteiger partial charge in [-0.3, -0.25) is 0 Å². The van der Waals surface area contributed by atoms with Gasteiger partial charge in [0, 0.05) is 6.54 Å². The Bertz CT molecular complexity index is 302. The molecule has 0 saturated carbocycles. The lowest BCUT2D eigenvalue weighted by Crippen LogP contribution is -2.42. The molecule has 0 aliphatic carbocycles. The first-order valence-electron chi connectivity index (χ1n) is 5.67. The van der Waals surface area contributed by atoms with Crippen molar-refractivity contribution < 1.29 is 13.5 Å². The number of sulfonamides is 1. The molecular formula is C11H25NO3S. The molecule has 0 aromatic carbocycles. The van der Waals surface area contributed by atoms with Crippen molar-refractivity contribution in [3.8, 4) is 0 Å². The van der Waals surface area contributed by atoms with Crippen LogP contribution in [0.25, 0.3) is 0 Å². The summed E-state index contributed by atoms with van der Waals surface area (Å²) in [6.45, 7) is 9.30. The van der Waals surface area contributed by atoms with Gasteiger partial charge in [-0.25, -0.2) is 13.1 Å². The highest BCUT2D eigenvalue weighted by Gasteiger charge is 2.25. The molecule has 0 rings (SSSR count). The fraction of sp³-hybridized carbons (Fsp3) is 1.00. The maximum Gasteiger partial charge on any atom is 0.212 e. The number of aliphatic hydroxyl groups is 1. The van der Waals surface area contributed by atoms with Crippen molar-refractivity contribution in [2.24, 2.45) is 5.41 Å². The summed E-state index contributed by atoms with van der Waals surface area (Å²) in [5.41, 5.74) is -1.23. The molecule has 0 fully saturated rings. The topological polar surface area (TPSA) is 66.4 Å². The van der Waals surface area contributed by atoms with E-state index in [1.54, 1.807) is 6.92 Å². The van der Waals surface area contributed by atoms with E-state index in [2.05, 4.69) is 4.72 Å². The van der Waals surface area contributed by atoms with Crippen LogP contribution in [0.15, 0.2) is 0 Å². The van der Waals surface area contributed by atoms with Gasteiger partial charge in [-0.15, -0.1) is 0 Å². The normalized spacial score (nSPS) is 17.1. The molecule has 0 amide bonds. The lowest BCUT2D eigenvalue weighted by atomic mass is 10.0. The predicted molar refractivity (Wildman–Crippen MR) is 66.8 cm³/mol. The molecule has 0 aromatic rings. The molecule has 1 unspecified atom stereocenters. The summed E-state index contributed by atoms with van der Waals surface area (Å²) in [5, 5.41) is 9.85. The Morgan fingerprint density at radius 3 is 2.06 bits per heavy atom. The summed E-state index contributed by atoms with van der Waals surface area (Å²) in [7, 11) is -3.30. The van der Waals surface area contributed by atoms with E-state index >= 15 is 0 Å². The van der Waals surface area contributed by atoms with Crippen molar-refractivity contribution in [2.75, 3.05) is 12.3 Å². The van der Waals surface area contributed by atoms with Crippen molar-refractivity contribution in [2.45, 2.75) is 53.1 Å². The number of nitrogens with one attached hydrogen (secondary N) is 1. The highest BCUT2D eigenvalue weighted by Crippen LogP contribution is 2.16. The zero-order valence-electron chi connectivity index (χ0n) is 11.0. The van der Waals surface area contributed by atoms with E-state index in [0.717, 1.165) is 6.42 Å². The zero-order chi connectivity index (χ0) is 13.0. The molecule has 1 atom stereocenters. The van der Waals surface area contributed by atoms with Crippen LogP contribution in [-0.2, 0) is 10.0 Å². The van der Waals surface area contributed by atoms with Gasteiger partial charge in [0.05, 0.1) is 11.4 Å². The third-order valence-corrected chi connectivity index (χ3v) is 3.91. The molecule has 0 radical (unpaired) electrons. The minimum absolute atomic E-state index is 0.0716. The Kier molecular flexibility index (Phi) is 5.42. The molecule has 5 heteroatoms. The fourth-order valence-corrected chi connectivity index (χ4v) is 3.29. The van der Waals surface area contributed by atoms with E-state index in [1.165, 1.54) is 0 Å². The molecule has 0 aromatic heterocycles. The summed E-state index contributed by atoms with van der Waals surface area (Å²) >= 11 is 0. The van der Waals surface area contributed by atoms with Crippen LogP contribution in [-0.4, -0.2) is 31.4 Å². The number of rotatable bonds is 6. The maximum absolute atomic E-state index is 11.7. The molecule has 2 N–H and O–H groups in total. The smallest absolute Gasteiger partial charge is 0.212 e. The predicted octanol–water partition coefficient (Wildman–Crippen LogP) is 1.50. The van der Waals surface area contributed by atoms with Crippen molar-refractivity contribution in [3.05, 3.63) is 0 Å². The van der Waals surface area contributed by atoms with Gasteiger partial charge >= 0.3 is 0 Å². The van der Waals surface area contributed by atoms with E-state index in [4.69, 9.17) is 0 Å². The highest BCUT2D eigenvalue weighted by atomic mass is 32.2. The van der Waals surface area contributed by atoms with Crippen molar-refractivity contribution in [1.29, 1.82) is 0 Å². The molecule has 16 heavy (non-hydrogen) atoms. The lowest BCUT2D eigenvalue weighted by molar-refractivity contribution is 0.0554. The van der Waals surface area contributed by atoms with Crippen LogP contribution >= 0.6 is 0 Å². The molecule has 0 bridgehead atoms. The van der Waals surface area contributed by atoms with E-state index < -0.39 is 15.6 Å². The van der Waals surface area contributed by atoms with Crippen LogP contribution in [0.5, 0.6) is 0 Å². The first-order chi connectivity index (χ1) is 6.97. The third kappa shape index (κ3) is 8.07. The van der Waals surface area contributed by atoms with Gasteiger partial charge in [0.25, 0.3) is 0 Å². The minimum Gasteiger partial charge on any atom is -0.389 e. The van der Waals surface area contributed by atoms with Gasteiger partial charge < -0.3 is 5.11 Å². The summed E-state index contributed by atoms with van der Waals surface area (Å²) in [6, 6.07) is 0. The molecule has 0 aliphatic heterocycles. The van der Waals surface area contributed by atoms with Crippen molar-refractivity contribution in [1.82, 2.24) is 4.72 Å². The van der Waals surface area contributed by atoms with Crippen LogP contribution in [0.3, 0.4) is 0 Å². The monoisotopic (exact) mass is 251 g/mol. The second-order valence-corrected chi connectivity index (χ2v) is 7.69. The molecule has 4 nitrogen and oxygen atoms in total. The highest BCUT2D eigenvalue weighted by molar-refractivity contribution is 7.89. The van der Waals surface area contributed by atoms with Crippen LogP contribution in [0, 0.1) is 5.41 Å². The van der Waals surface area contributed by atoms with Crippen LogP contribution in [0.1, 0.15) is 47.5 Å². The SMILES string of the molecule is CCCC(C)(O)CNS(=O)(=O)CC(C)(C)C. The molecule has 98 valence electrons. The summed E-state index contributed by atoms with van der Waals surface area (Å²) in [6.07, 6.45) is 1.42. The van der Waals surface area contributed by atoms with Gasteiger partial charge in [0.2, 0.25) is 10.0 Å². The number of hydrogen-bond acceptors (Lipinski definition) is 3. The molecular weight excluding hydrogens is 226 g/mol. The Morgan fingerprint density at radius 2 is 1.69 bits per heavy atom. The summed E-state index contributed by atoms with van der Waals surface area (Å²) < 4.78 is 25.8. The largest absolute Gasteiger partial charge is 0.389 e. The van der Waals surface area contributed by atoms with Gasteiger partial charge in [-0.1, -0.05) is 34.1 Å². The third-order valence-electron chi connectivity index (χ3n) is 2.08. The standard InChI is InChI=1S/C11H25NO3S/c1-6-7-11(5,13)8-12-16(14,15)9-10(2,3)4/h12-13H,6-9H2,1-5H3. The molecule has 0 aliphatic rings. The van der Waals surface area contributed by atoms with Gasteiger partial charge in [-0.2, -0.15) is 0 Å². The van der Waals surface area contributed by atoms with Crippen LogP contribution in [0.4, 0.5) is 0 Å². The molecule has 0 spiro atoms. The average Bonchev–Trinajstić information content (AvgIpc) is 1.97. The van der Waals surface area contributed by atoms with Gasteiger partial charge in [0.1, 0.15) is 0 Å². The lowest BCUT2D eigenvalue weighted by Gasteiger charge is -2.24. The Morgan fingerprint density at radius 1 is 1.19 bits per heavy atom. The van der Waals surface area contributed by atoms with E-state index in [9.17, 15) is 13.5 Å². The Labute approximate surface area is 99.5 Å². The first kappa shape index (κ1) is 15.9. The zero-order valence-corrected chi connectivity index (χ0v) is 11.8. The quantitative estimate of drug-likeness (QED) is 0.752. The van der Waals surface area contributed by atoms with Crippen LogP contribution in [0.2, 0.25) is 0 Å². The molecule has 0 heterocycles. The van der Waals surface area contributed by atoms with Gasteiger partial charge in [0.15, 0.2) is 0 Å². The second-order valence-electron chi connectivity index (χ2n) is 5.89. The minimum atomic E-state index is -3.30. The Balaban J connectivity index is 4.30.